The zero-order valence-electron chi connectivity index (χ0n) is 10.3. The summed E-state index contributed by atoms with van der Waals surface area (Å²) in [6, 6.07) is 0.113. The SMILES string of the molecule is CC1=NOC(C)C1CSC1=NC(C)CC(O)=N1. The predicted octanol–water partition coefficient (Wildman–Crippen LogP) is 2.24. The number of aliphatic imine (C=N–C) groups is 2. The zero-order chi connectivity index (χ0) is 12.4. The second-order valence-corrected chi connectivity index (χ2v) is 5.44. The molecule has 6 heteroatoms. The number of oxime groups is 1. The lowest BCUT2D eigenvalue weighted by molar-refractivity contribution is 0.0809. The third-order valence-corrected chi connectivity index (χ3v) is 3.87. The summed E-state index contributed by atoms with van der Waals surface area (Å²) in [5, 5.41) is 14.1. The van der Waals surface area contributed by atoms with Gasteiger partial charge >= 0.3 is 0 Å². The second-order valence-electron chi connectivity index (χ2n) is 4.45. The molecule has 94 valence electrons. The first kappa shape index (κ1) is 12.4. The summed E-state index contributed by atoms with van der Waals surface area (Å²) in [7, 11) is 0. The van der Waals surface area contributed by atoms with Gasteiger partial charge in [0.25, 0.3) is 0 Å². The van der Waals surface area contributed by atoms with E-state index in [9.17, 15) is 5.11 Å². The van der Waals surface area contributed by atoms with Gasteiger partial charge in [0.2, 0.25) is 0 Å². The lowest BCUT2D eigenvalue weighted by atomic mass is 10.0. The molecular formula is C11H17N3O2S. The molecule has 0 aliphatic carbocycles. The summed E-state index contributed by atoms with van der Waals surface area (Å²) in [6.45, 7) is 5.96. The minimum atomic E-state index is 0.113. The molecule has 0 bridgehead atoms. The van der Waals surface area contributed by atoms with Gasteiger partial charge in [0.1, 0.15) is 6.10 Å². The molecule has 2 aliphatic heterocycles. The average molecular weight is 255 g/mol. The van der Waals surface area contributed by atoms with E-state index in [1.807, 2.05) is 20.8 Å². The molecule has 2 heterocycles. The Morgan fingerprint density at radius 1 is 1.47 bits per heavy atom. The Morgan fingerprint density at radius 3 is 2.82 bits per heavy atom. The molecule has 2 rings (SSSR count). The molecule has 0 fully saturated rings. The van der Waals surface area contributed by atoms with Crippen LogP contribution in [0.4, 0.5) is 0 Å². The Balaban J connectivity index is 1.92. The zero-order valence-corrected chi connectivity index (χ0v) is 11.1. The van der Waals surface area contributed by atoms with Crippen LogP contribution in [-0.2, 0) is 4.84 Å². The maximum absolute atomic E-state index is 9.45. The summed E-state index contributed by atoms with van der Waals surface area (Å²) >= 11 is 1.55. The Morgan fingerprint density at radius 2 is 2.24 bits per heavy atom. The fourth-order valence-electron chi connectivity index (χ4n) is 1.82. The number of aliphatic hydroxyl groups is 1. The van der Waals surface area contributed by atoms with Gasteiger partial charge in [-0.15, -0.1) is 0 Å². The molecule has 0 aromatic heterocycles. The van der Waals surface area contributed by atoms with Crippen molar-refractivity contribution in [3.63, 3.8) is 0 Å². The van der Waals surface area contributed by atoms with Gasteiger partial charge in [0.05, 0.1) is 11.8 Å². The van der Waals surface area contributed by atoms with E-state index < -0.39 is 0 Å². The fourth-order valence-corrected chi connectivity index (χ4v) is 3.09. The van der Waals surface area contributed by atoms with Crippen molar-refractivity contribution >= 4 is 28.5 Å². The van der Waals surface area contributed by atoms with Crippen molar-refractivity contribution in [1.82, 2.24) is 0 Å². The molecule has 2 aliphatic rings. The Labute approximate surface area is 105 Å². The summed E-state index contributed by atoms with van der Waals surface area (Å²) in [4.78, 5) is 13.7. The highest BCUT2D eigenvalue weighted by Gasteiger charge is 2.28. The van der Waals surface area contributed by atoms with Crippen LogP contribution < -0.4 is 0 Å². The molecule has 0 saturated carbocycles. The van der Waals surface area contributed by atoms with E-state index in [0.717, 1.165) is 11.5 Å². The van der Waals surface area contributed by atoms with E-state index in [4.69, 9.17) is 4.84 Å². The van der Waals surface area contributed by atoms with Crippen LogP contribution in [0.2, 0.25) is 0 Å². The number of aliphatic hydroxyl groups excluding tert-OH is 1. The third kappa shape index (κ3) is 3.00. The molecule has 0 aromatic carbocycles. The molecule has 17 heavy (non-hydrogen) atoms. The highest BCUT2D eigenvalue weighted by Crippen LogP contribution is 2.24. The van der Waals surface area contributed by atoms with Crippen LogP contribution in [0, 0.1) is 5.92 Å². The van der Waals surface area contributed by atoms with Gasteiger partial charge in [0.15, 0.2) is 11.1 Å². The average Bonchev–Trinajstić information content (AvgIpc) is 2.55. The van der Waals surface area contributed by atoms with Gasteiger partial charge in [-0.25, -0.2) is 0 Å². The molecule has 0 radical (unpaired) electrons. The Kier molecular flexibility index (Phi) is 3.71. The van der Waals surface area contributed by atoms with E-state index in [-0.39, 0.29) is 18.0 Å². The summed E-state index contributed by atoms with van der Waals surface area (Å²) < 4.78 is 0. The third-order valence-electron chi connectivity index (χ3n) is 2.89. The second kappa shape index (κ2) is 5.08. The molecule has 1 N–H and O–H groups in total. The van der Waals surface area contributed by atoms with Gasteiger partial charge in [-0.05, 0) is 20.8 Å². The highest BCUT2D eigenvalue weighted by atomic mass is 32.2. The number of thioether (sulfide) groups is 1. The quantitative estimate of drug-likeness (QED) is 0.822. The maximum Gasteiger partial charge on any atom is 0.190 e. The molecule has 3 atom stereocenters. The van der Waals surface area contributed by atoms with E-state index >= 15 is 0 Å². The van der Waals surface area contributed by atoms with E-state index in [2.05, 4.69) is 15.1 Å². The van der Waals surface area contributed by atoms with Gasteiger partial charge in [-0.3, -0.25) is 4.99 Å². The fraction of sp³-hybridized carbons (Fsp3) is 0.727. The lowest BCUT2D eigenvalue weighted by Crippen LogP contribution is -2.23. The van der Waals surface area contributed by atoms with Crippen molar-refractivity contribution < 1.29 is 9.94 Å². The highest BCUT2D eigenvalue weighted by molar-refractivity contribution is 8.13. The van der Waals surface area contributed by atoms with Crippen molar-refractivity contribution in [2.75, 3.05) is 5.75 Å². The van der Waals surface area contributed by atoms with Crippen LogP contribution in [0.15, 0.2) is 15.1 Å². The molecule has 3 unspecified atom stereocenters. The Bertz CT molecular complexity index is 392. The largest absolute Gasteiger partial charge is 0.496 e. The number of nitrogens with zero attached hydrogens (tertiary/aromatic N) is 3. The smallest absolute Gasteiger partial charge is 0.190 e. The maximum atomic E-state index is 9.45. The van der Waals surface area contributed by atoms with Gasteiger partial charge in [0, 0.05) is 18.1 Å². The summed E-state index contributed by atoms with van der Waals surface area (Å²) in [5.41, 5.74) is 1.02. The lowest BCUT2D eigenvalue weighted by Gasteiger charge is -2.16. The minimum Gasteiger partial charge on any atom is -0.496 e. The van der Waals surface area contributed by atoms with Crippen LogP contribution in [0.5, 0.6) is 0 Å². The van der Waals surface area contributed by atoms with Crippen LogP contribution in [0.3, 0.4) is 0 Å². The van der Waals surface area contributed by atoms with E-state index in [1.165, 1.54) is 0 Å². The van der Waals surface area contributed by atoms with Crippen molar-refractivity contribution in [1.29, 1.82) is 0 Å². The molecule has 0 aromatic rings. The minimum absolute atomic E-state index is 0.113. The first-order valence-electron chi connectivity index (χ1n) is 5.73. The molecule has 0 amide bonds. The van der Waals surface area contributed by atoms with Crippen LogP contribution in [0.1, 0.15) is 27.2 Å². The van der Waals surface area contributed by atoms with Gasteiger partial charge in [-0.2, -0.15) is 4.99 Å². The standard InChI is InChI=1S/C11H17N3O2S/c1-6-4-10(15)13-11(12-6)17-5-9-7(2)14-16-8(9)3/h6,8-9H,4-5H2,1-3H3,(H,12,13,15). The first-order chi connectivity index (χ1) is 8.06. The molecular weight excluding hydrogens is 238 g/mol. The van der Waals surface area contributed by atoms with Gasteiger partial charge in [-0.1, -0.05) is 16.9 Å². The molecule has 5 nitrogen and oxygen atoms in total. The Hall–Kier alpha value is -1.04. The van der Waals surface area contributed by atoms with Crippen molar-refractivity contribution in [3.8, 4) is 0 Å². The predicted molar refractivity (Wildman–Crippen MR) is 71.2 cm³/mol. The topological polar surface area (TPSA) is 66.5 Å². The number of rotatable bonds is 2. The number of hydrogen-bond acceptors (Lipinski definition) is 5. The monoisotopic (exact) mass is 255 g/mol. The summed E-state index contributed by atoms with van der Waals surface area (Å²) in [6.07, 6.45) is 0.648. The van der Waals surface area contributed by atoms with E-state index in [1.54, 1.807) is 11.8 Å². The number of hydrogen-bond donors (Lipinski definition) is 1. The van der Waals surface area contributed by atoms with Crippen LogP contribution >= 0.6 is 11.8 Å². The normalized spacial score (nSPS) is 32.6. The van der Waals surface area contributed by atoms with Crippen molar-refractivity contribution in [2.24, 2.45) is 21.1 Å². The number of amidine groups is 1. The van der Waals surface area contributed by atoms with Crippen LogP contribution in [0.25, 0.3) is 0 Å². The van der Waals surface area contributed by atoms with Crippen molar-refractivity contribution in [2.45, 2.75) is 39.3 Å². The molecule has 0 spiro atoms. The van der Waals surface area contributed by atoms with E-state index in [0.29, 0.717) is 17.5 Å². The van der Waals surface area contributed by atoms with Crippen LogP contribution in [-0.4, -0.2) is 39.8 Å². The summed E-state index contributed by atoms with van der Waals surface area (Å²) in [5.74, 6) is 1.31. The van der Waals surface area contributed by atoms with Gasteiger partial charge < -0.3 is 9.94 Å². The first-order valence-corrected chi connectivity index (χ1v) is 6.72. The van der Waals surface area contributed by atoms with Crippen molar-refractivity contribution in [3.05, 3.63) is 0 Å². The molecule has 0 saturated heterocycles.